The van der Waals surface area contributed by atoms with Crippen LogP contribution in [0, 0.1) is 24.0 Å². The zero-order valence-corrected chi connectivity index (χ0v) is 10.7. The van der Waals surface area contributed by atoms with E-state index in [1.165, 1.54) is 0 Å². The Balaban J connectivity index is 2.95. The van der Waals surface area contributed by atoms with Crippen molar-refractivity contribution in [2.24, 2.45) is 0 Å². The van der Waals surface area contributed by atoms with Crippen molar-refractivity contribution in [3.8, 4) is 0 Å². The van der Waals surface area contributed by atoms with Gasteiger partial charge in [-0.15, -0.1) is 11.8 Å². The highest BCUT2D eigenvalue weighted by Gasteiger charge is 2.17. The Bertz CT molecular complexity index is 611. The predicted octanol–water partition coefficient (Wildman–Crippen LogP) is 3.48. The second-order valence-electron chi connectivity index (χ2n) is 3.83. The molecule has 0 aliphatic heterocycles. The molecule has 2 aromatic rings. The monoisotopic (exact) mass is 248 g/mol. The van der Waals surface area contributed by atoms with E-state index in [4.69, 9.17) is 0 Å². The third-order valence-corrected chi connectivity index (χ3v) is 3.60. The molecular weight excluding hydrogens is 236 g/mol. The summed E-state index contributed by atoms with van der Waals surface area (Å²) < 4.78 is 0. The van der Waals surface area contributed by atoms with Crippen LogP contribution in [0.1, 0.15) is 11.1 Å². The Morgan fingerprint density at radius 3 is 2.71 bits per heavy atom. The number of hydrogen-bond acceptors (Lipinski definition) is 4. The first-order valence-corrected chi connectivity index (χ1v) is 6.36. The van der Waals surface area contributed by atoms with E-state index in [2.05, 4.69) is 4.98 Å². The van der Waals surface area contributed by atoms with E-state index in [1.54, 1.807) is 30.9 Å². The van der Waals surface area contributed by atoms with E-state index in [0.29, 0.717) is 5.56 Å². The van der Waals surface area contributed by atoms with Crippen LogP contribution in [0.15, 0.2) is 23.2 Å². The van der Waals surface area contributed by atoms with Crippen molar-refractivity contribution in [2.45, 2.75) is 18.7 Å². The quantitative estimate of drug-likeness (QED) is 0.464. The van der Waals surface area contributed by atoms with Gasteiger partial charge in [0.2, 0.25) is 0 Å². The van der Waals surface area contributed by atoms with Gasteiger partial charge in [0.15, 0.2) is 0 Å². The van der Waals surface area contributed by atoms with Crippen LogP contribution in [0.2, 0.25) is 0 Å². The Labute approximate surface area is 103 Å². The van der Waals surface area contributed by atoms with E-state index < -0.39 is 0 Å². The summed E-state index contributed by atoms with van der Waals surface area (Å²) >= 11 is 1.58. The molecular formula is C12H12N2O2S. The van der Waals surface area contributed by atoms with Gasteiger partial charge < -0.3 is 0 Å². The fraction of sp³-hybridized carbons (Fsp3) is 0.250. The predicted molar refractivity (Wildman–Crippen MR) is 69.7 cm³/mol. The molecule has 1 heterocycles. The highest BCUT2D eigenvalue weighted by Crippen LogP contribution is 2.34. The van der Waals surface area contributed by atoms with Crippen molar-refractivity contribution in [1.29, 1.82) is 0 Å². The summed E-state index contributed by atoms with van der Waals surface area (Å²) in [5.41, 5.74) is 2.54. The van der Waals surface area contributed by atoms with Gasteiger partial charge in [0.05, 0.1) is 10.4 Å². The molecule has 0 saturated heterocycles. The van der Waals surface area contributed by atoms with Crippen LogP contribution in [-0.2, 0) is 0 Å². The molecule has 0 spiro atoms. The van der Waals surface area contributed by atoms with Crippen LogP contribution >= 0.6 is 11.8 Å². The molecule has 0 fully saturated rings. The van der Waals surface area contributed by atoms with Gasteiger partial charge in [0, 0.05) is 28.1 Å². The number of benzene rings is 1. The van der Waals surface area contributed by atoms with Crippen molar-refractivity contribution < 1.29 is 4.92 Å². The van der Waals surface area contributed by atoms with Gasteiger partial charge in [-0.25, -0.2) is 0 Å². The van der Waals surface area contributed by atoms with Crippen LogP contribution in [0.4, 0.5) is 5.69 Å². The SMILES string of the molecule is CSc1ccnc2c(C)cc([N+](=O)[O-])c(C)c12. The van der Waals surface area contributed by atoms with Crippen molar-refractivity contribution in [3.63, 3.8) is 0 Å². The highest BCUT2D eigenvalue weighted by molar-refractivity contribution is 7.98. The lowest BCUT2D eigenvalue weighted by molar-refractivity contribution is -0.385. The first-order valence-electron chi connectivity index (χ1n) is 5.13. The second-order valence-corrected chi connectivity index (χ2v) is 4.68. The van der Waals surface area contributed by atoms with E-state index >= 15 is 0 Å². The number of nitro benzene ring substituents is 1. The number of aromatic nitrogens is 1. The number of hydrogen-bond donors (Lipinski definition) is 0. The standard InChI is InChI=1S/C12H12N2O2S/c1-7-6-9(14(15)16)8(2)11-10(17-3)4-5-13-12(7)11/h4-6H,1-3H3. The number of fused-ring (bicyclic) bond motifs is 1. The molecule has 0 saturated carbocycles. The van der Waals surface area contributed by atoms with Crippen molar-refractivity contribution in [2.75, 3.05) is 6.26 Å². The summed E-state index contributed by atoms with van der Waals surface area (Å²) in [5, 5.41) is 11.9. The minimum absolute atomic E-state index is 0.165. The van der Waals surface area contributed by atoms with Crippen LogP contribution in [0.5, 0.6) is 0 Å². The first kappa shape index (κ1) is 11.9. The molecule has 88 valence electrons. The lowest BCUT2D eigenvalue weighted by atomic mass is 10.0. The maximum absolute atomic E-state index is 11.0. The van der Waals surface area contributed by atoms with E-state index in [1.807, 2.05) is 19.2 Å². The van der Waals surface area contributed by atoms with Gasteiger partial charge in [0.25, 0.3) is 5.69 Å². The lowest BCUT2D eigenvalue weighted by Gasteiger charge is -2.09. The molecule has 0 radical (unpaired) electrons. The third kappa shape index (κ3) is 1.86. The molecule has 1 aromatic carbocycles. The Hall–Kier alpha value is -1.62. The summed E-state index contributed by atoms with van der Waals surface area (Å²) in [7, 11) is 0. The molecule has 0 amide bonds. The van der Waals surface area contributed by atoms with E-state index in [-0.39, 0.29) is 10.6 Å². The zero-order valence-electron chi connectivity index (χ0n) is 9.85. The summed E-state index contributed by atoms with van der Waals surface area (Å²) in [6.45, 7) is 3.63. The maximum atomic E-state index is 11.0. The van der Waals surface area contributed by atoms with Gasteiger partial charge in [-0.2, -0.15) is 0 Å². The van der Waals surface area contributed by atoms with Crippen molar-refractivity contribution in [1.82, 2.24) is 4.98 Å². The van der Waals surface area contributed by atoms with Crippen LogP contribution in [0.25, 0.3) is 10.9 Å². The maximum Gasteiger partial charge on any atom is 0.273 e. The van der Waals surface area contributed by atoms with E-state index in [0.717, 1.165) is 21.4 Å². The number of thioether (sulfide) groups is 1. The Morgan fingerprint density at radius 1 is 1.41 bits per heavy atom. The number of rotatable bonds is 2. The topological polar surface area (TPSA) is 56.0 Å². The average Bonchev–Trinajstić information content (AvgIpc) is 2.32. The first-order chi connectivity index (χ1) is 8.06. The van der Waals surface area contributed by atoms with Gasteiger partial charge in [0.1, 0.15) is 0 Å². The summed E-state index contributed by atoms with van der Waals surface area (Å²) in [6, 6.07) is 3.48. The molecule has 0 atom stereocenters. The molecule has 4 nitrogen and oxygen atoms in total. The molecule has 0 bridgehead atoms. The second kappa shape index (κ2) is 4.33. The van der Waals surface area contributed by atoms with Crippen molar-refractivity contribution in [3.05, 3.63) is 39.6 Å². The van der Waals surface area contributed by atoms with Crippen LogP contribution in [0.3, 0.4) is 0 Å². The summed E-state index contributed by atoms with van der Waals surface area (Å²) in [6.07, 6.45) is 3.70. The molecule has 17 heavy (non-hydrogen) atoms. The normalized spacial score (nSPS) is 10.8. The van der Waals surface area contributed by atoms with Crippen molar-refractivity contribution >= 4 is 28.4 Å². The number of nitrogens with zero attached hydrogens (tertiary/aromatic N) is 2. The molecule has 0 unspecified atom stereocenters. The van der Waals surface area contributed by atoms with Gasteiger partial charge in [-0.1, -0.05) is 0 Å². The molecule has 0 aliphatic carbocycles. The minimum Gasteiger partial charge on any atom is -0.258 e. The molecule has 0 aliphatic rings. The minimum atomic E-state index is -0.334. The number of aryl methyl sites for hydroxylation is 2. The summed E-state index contributed by atoms with van der Waals surface area (Å²) in [5.74, 6) is 0. The van der Waals surface area contributed by atoms with Gasteiger partial charge >= 0.3 is 0 Å². The Kier molecular flexibility index (Phi) is 3.02. The zero-order chi connectivity index (χ0) is 12.6. The van der Waals surface area contributed by atoms with Gasteiger partial charge in [-0.3, -0.25) is 15.1 Å². The summed E-state index contributed by atoms with van der Waals surface area (Å²) in [4.78, 5) is 16.0. The fourth-order valence-corrected chi connectivity index (χ4v) is 2.63. The Morgan fingerprint density at radius 2 is 2.12 bits per heavy atom. The highest BCUT2D eigenvalue weighted by atomic mass is 32.2. The average molecular weight is 248 g/mol. The van der Waals surface area contributed by atoms with Crippen LogP contribution in [-0.4, -0.2) is 16.2 Å². The molecule has 2 rings (SSSR count). The molecule has 5 heteroatoms. The smallest absolute Gasteiger partial charge is 0.258 e. The van der Waals surface area contributed by atoms with Crippen LogP contribution < -0.4 is 0 Å². The molecule has 0 N–H and O–H groups in total. The number of pyridine rings is 1. The largest absolute Gasteiger partial charge is 0.273 e. The lowest BCUT2D eigenvalue weighted by Crippen LogP contribution is -1.96. The van der Waals surface area contributed by atoms with Gasteiger partial charge in [-0.05, 0) is 31.7 Å². The molecule has 1 aromatic heterocycles. The van der Waals surface area contributed by atoms with E-state index in [9.17, 15) is 10.1 Å². The number of nitro groups is 1. The third-order valence-electron chi connectivity index (χ3n) is 2.82. The fourth-order valence-electron chi connectivity index (χ4n) is 1.97.